The lowest BCUT2D eigenvalue weighted by Gasteiger charge is -2.32. The van der Waals surface area contributed by atoms with E-state index in [2.05, 4.69) is 15.0 Å². The lowest BCUT2D eigenvalue weighted by molar-refractivity contribution is -0.128. The highest BCUT2D eigenvalue weighted by atomic mass is 16.7. The van der Waals surface area contributed by atoms with E-state index in [9.17, 15) is 4.79 Å². The second-order valence-electron chi connectivity index (χ2n) is 9.63. The minimum atomic E-state index is -0.222. The molecule has 212 valence electrons. The average Bonchev–Trinajstić information content (AvgIpc) is 3.67. The Kier molecular flexibility index (Phi) is 7.24. The summed E-state index contributed by atoms with van der Waals surface area (Å²) in [5, 5.41) is 0.775. The lowest BCUT2D eigenvalue weighted by Crippen LogP contribution is -2.43. The maximum absolute atomic E-state index is 13.1. The molecule has 41 heavy (non-hydrogen) atoms. The molecule has 2 aliphatic heterocycles. The Morgan fingerprint density at radius 2 is 1.85 bits per heavy atom. The van der Waals surface area contributed by atoms with Gasteiger partial charge < -0.3 is 38.3 Å². The number of piperidine rings is 1. The van der Waals surface area contributed by atoms with Crippen LogP contribution in [0.1, 0.15) is 18.4 Å². The van der Waals surface area contributed by atoms with E-state index in [1.54, 1.807) is 50.5 Å². The fraction of sp³-hybridized carbons (Fsp3) is 0.300. The molecular weight excluding hydrogens is 528 g/mol. The summed E-state index contributed by atoms with van der Waals surface area (Å²) >= 11 is 0. The van der Waals surface area contributed by atoms with Crippen LogP contribution < -0.4 is 28.4 Å². The van der Waals surface area contributed by atoms with Crippen LogP contribution in [0, 0.1) is 0 Å². The molecule has 1 amide bonds. The molecule has 0 saturated carbocycles. The maximum Gasteiger partial charge on any atom is 0.246 e. The molecule has 11 nitrogen and oxygen atoms in total. The van der Waals surface area contributed by atoms with Crippen molar-refractivity contribution in [2.75, 3.05) is 41.2 Å². The highest BCUT2D eigenvalue weighted by Gasteiger charge is 2.26. The van der Waals surface area contributed by atoms with Gasteiger partial charge in [0.15, 0.2) is 23.0 Å². The number of fused-ring (bicyclic) bond motifs is 2. The summed E-state index contributed by atoms with van der Waals surface area (Å²) in [4.78, 5) is 27.0. The van der Waals surface area contributed by atoms with Gasteiger partial charge in [0.1, 0.15) is 18.1 Å². The predicted molar refractivity (Wildman–Crippen MR) is 151 cm³/mol. The van der Waals surface area contributed by atoms with Crippen LogP contribution in [0.4, 0.5) is 0 Å². The number of amides is 1. The summed E-state index contributed by atoms with van der Waals surface area (Å²) in [7, 11) is 4.66. The van der Waals surface area contributed by atoms with E-state index in [1.807, 2.05) is 24.4 Å². The number of benzene rings is 2. The first-order chi connectivity index (χ1) is 20.1. The number of nitrogens with one attached hydrogen (secondary N) is 1. The Balaban J connectivity index is 1.19. The van der Waals surface area contributed by atoms with Crippen LogP contribution in [0.5, 0.6) is 34.6 Å². The molecule has 0 aliphatic carbocycles. The van der Waals surface area contributed by atoms with Crippen LogP contribution in [-0.4, -0.2) is 73.1 Å². The maximum atomic E-state index is 13.1. The number of methoxy groups -OCH3 is 3. The molecule has 1 N–H and O–H groups in total. The Bertz CT molecular complexity index is 1590. The quantitative estimate of drug-likeness (QED) is 0.313. The fourth-order valence-corrected chi connectivity index (χ4v) is 5.18. The molecule has 0 unspecified atom stereocenters. The van der Waals surface area contributed by atoms with Gasteiger partial charge >= 0.3 is 0 Å². The molecule has 1 saturated heterocycles. The Labute approximate surface area is 236 Å². The Morgan fingerprint density at radius 3 is 2.63 bits per heavy atom. The third kappa shape index (κ3) is 5.18. The third-order valence-corrected chi connectivity index (χ3v) is 7.19. The van der Waals surface area contributed by atoms with Crippen molar-refractivity contribution in [2.45, 2.75) is 18.9 Å². The van der Waals surface area contributed by atoms with Crippen molar-refractivity contribution in [1.82, 2.24) is 19.9 Å². The van der Waals surface area contributed by atoms with E-state index in [0.717, 1.165) is 34.9 Å². The third-order valence-electron chi connectivity index (χ3n) is 7.19. The summed E-state index contributed by atoms with van der Waals surface area (Å²) in [6.07, 6.45) is 8.04. The molecule has 4 heterocycles. The minimum absolute atomic E-state index is 0.109. The molecular formula is C30H30N4O7. The van der Waals surface area contributed by atoms with E-state index < -0.39 is 0 Å². The van der Waals surface area contributed by atoms with Crippen molar-refractivity contribution in [1.29, 1.82) is 0 Å². The highest BCUT2D eigenvalue weighted by Crippen LogP contribution is 2.40. The minimum Gasteiger partial charge on any atom is -0.493 e. The second kappa shape index (κ2) is 11.3. The van der Waals surface area contributed by atoms with Gasteiger partial charge in [-0.25, -0.2) is 9.97 Å². The van der Waals surface area contributed by atoms with Crippen LogP contribution in [0.2, 0.25) is 0 Å². The van der Waals surface area contributed by atoms with Crippen LogP contribution in [0.3, 0.4) is 0 Å². The standard InChI is InChI=1S/C30H30N4O7/c1-36-24-11-18(12-25(37-2)28(24)38-3)6-9-26(35)34-10-4-5-20(15-34)41-30-27-21(14-31-29(27)32-16-33-30)19-7-8-22-23(13-19)40-17-39-22/h6-9,11-14,16,20H,4-5,10,15,17H2,1-3H3,(H,31,32,33)/b9-6+/t20-/m1/s1. The Morgan fingerprint density at radius 1 is 1.05 bits per heavy atom. The summed E-state index contributed by atoms with van der Waals surface area (Å²) < 4.78 is 33.7. The van der Waals surface area contributed by atoms with Crippen molar-refractivity contribution in [2.24, 2.45) is 0 Å². The predicted octanol–water partition coefficient (Wildman–Crippen LogP) is 4.46. The normalized spacial score (nSPS) is 16.3. The summed E-state index contributed by atoms with van der Waals surface area (Å²) in [5.74, 6) is 3.30. The van der Waals surface area contributed by atoms with Gasteiger partial charge in [0.2, 0.25) is 24.3 Å². The summed E-state index contributed by atoms with van der Waals surface area (Å²) in [5.41, 5.74) is 3.24. The van der Waals surface area contributed by atoms with Crippen molar-refractivity contribution in [3.8, 4) is 45.8 Å². The van der Waals surface area contributed by atoms with E-state index in [0.29, 0.717) is 53.4 Å². The number of hydrogen-bond acceptors (Lipinski definition) is 9. The van der Waals surface area contributed by atoms with Gasteiger partial charge in [0.25, 0.3) is 0 Å². The molecule has 0 spiro atoms. The fourth-order valence-electron chi connectivity index (χ4n) is 5.18. The van der Waals surface area contributed by atoms with Gasteiger partial charge in [0, 0.05) is 24.4 Å². The summed E-state index contributed by atoms with van der Waals surface area (Å²) in [6, 6.07) is 9.37. The molecule has 4 aromatic rings. The number of likely N-dealkylation sites (tertiary alicyclic amines) is 1. The van der Waals surface area contributed by atoms with Crippen molar-refractivity contribution in [3.05, 3.63) is 54.5 Å². The number of carbonyl (C=O) groups excluding carboxylic acids is 1. The number of aromatic amines is 1. The molecule has 11 heteroatoms. The zero-order chi connectivity index (χ0) is 28.3. The van der Waals surface area contributed by atoms with Crippen molar-refractivity contribution >= 4 is 23.0 Å². The van der Waals surface area contributed by atoms with E-state index in [1.165, 1.54) is 6.33 Å². The van der Waals surface area contributed by atoms with Crippen LogP contribution in [-0.2, 0) is 4.79 Å². The molecule has 1 atom stereocenters. The largest absolute Gasteiger partial charge is 0.493 e. The van der Waals surface area contributed by atoms with E-state index >= 15 is 0 Å². The smallest absolute Gasteiger partial charge is 0.246 e. The van der Waals surface area contributed by atoms with Gasteiger partial charge in [-0.1, -0.05) is 6.07 Å². The number of H-pyrrole nitrogens is 1. The van der Waals surface area contributed by atoms with Gasteiger partial charge in [-0.2, -0.15) is 0 Å². The van der Waals surface area contributed by atoms with Crippen LogP contribution in [0.25, 0.3) is 28.2 Å². The lowest BCUT2D eigenvalue weighted by atomic mass is 10.1. The zero-order valence-electron chi connectivity index (χ0n) is 23.0. The van der Waals surface area contributed by atoms with Gasteiger partial charge in [-0.15, -0.1) is 0 Å². The van der Waals surface area contributed by atoms with Crippen LogP contribution in [0.15, 0.2) is 48.9 Å². The number of carbonyl (C=O) groups is 1. The molecule has 1 fully saturated rings. The van der Waals surface area contributed by atoms with Crippen molar-refractivity contribution in [3.63, 3.8) is 0 Å². The van der Waals surface area contributed by atoms with Crippen molar-refractivity contribution < 1.29 is 33.2 Å². The number of rotatable bonds is 8. The second-order valence-corrected chi connectivity index (χ2v) is 9.63. The first-order valence-electron chi connectivity index (χ1n) is 13.2. The first kappa shape index (κ1) is 26.3. The summed E-state index contributed by atoms with van der Waals surface area (Å²) in [6.45, 7) is 1.29. The monoisotopic (exact) mass is 558 g/mol. The zero-order valence-corrected chi connectivity index (χ0v) is 23.0. The highest BCUT2D eigenvalue weighted by molar-refractivity contribution is 5.97. The first-order valence-corrected chi connectivity index (χ1v) is 13.2. The number of hydrogen-bond donors (Lipinski definition) is 1. The number of aromatic nitrogens is 3. The molecule has 0 bridgehead atoms. The van der Waals surface area contributed by atoms with Gasteiger partial charge in [0.05, 0.1) is 33.3 Å². The topological polar surface area (TPSA) is 117 Å². The molecule has 6 rings (SSSR count). The SMILES string of the molecule is COc1cc(/C=C/C(=O)N2CCC[C@@H](Oc3ncnc4[nH]cc(-c5ccc6c(c5)OCO6)c34)C2)cc(OC)c1OC. The molecule has 2 aromatic heterocycles. The Hall–Kier alpha value is -4.93. The molecule has 2 aliphatic rings. The number of nitrogens with zero attached hydrogens (tertiary/aromatic N) is 3. The average molecular weight is 559 g/mol. The van der Waals surface area contributed by atoms with Crippen LogP contribution >= 0.6 is 0 Å². The molecule has 0 radical (unpaired) electrons. The van der Waals surface area contributed by atoms with Gasteiger partial charge in [-0.3, -0.25) is 4.79 Å². The van der Waals surface area contributed by atoms with E-state index in [-0.39, 0.29) is 18.8 Å². The van der Waals surface area contributed by atoms with E-state index in [4.69, 9.17) is 28.4 Å². The number of ether oxygens (including phenoxy) is 6. The molecule has 2 aromatic carbocycles. The van der Waals surface area contributed by atoms with Gasteiger partial charge in [-0.05, 0) is 54.3 Å².